The molecule has 0 saturated heterocycles. The highest BCUT2D eigenvalue weighted by Gasteiger charge is 2.09. The lowest BCUT2D eigenvalue weighted by atomic mass is 10.1. The summed E-state index contributed by atoms with van der Waals surface area (Å²) >= 11 is 0. The fourth-order valence-electron chi connectivity index (χ4n) is 2.09. The van der Waals surface area contributed by atoms with Gasteiger partial charge < -0.3 is 5.11 Å². The maximum Gasteiger partial charge on any atom is 0.159 e. The van der Waals surface area contributed by atoms with Crippen LogP contribution in [0.5, 0.6) is 0 Å². The van der Waals surface area contributed by atoms with E-state index in [1.165, 1.54) is 0 Å². The lowest BCUT2D eigenvalue weighted by Gasteiger charge is -2.08. The van der Waals surface area contributed by atoms with Gasteiger partial charge in [-0.3, -0.25) is 0 Å². The van der Waals surface area contributed by atoms with Gasteiger partial charge in [-0.25, -0.2) is 9.97 Å². The fourth-order valence-corrected chi connectivity index (χ4v) is 2.09. The zero-order valence-electron chi connectivity index (χ0n) is 10.9. The van der Waals surface area contributed by atoms with E-state index in [1.54, 1.807) is 6.20 Å². The molecule has 0 bridgehead atoms. The molecule has 0 saturated carbocycles. The van der Waals surface area contributed by atoms with Crippen molar-refractivity contribution in [2.45, 2.75) is 6.61 Å². The van der Waals surface area contributed by atoms with E-state index >= 15 is 0 Å². The topological polar surface area (TPSA) is 46.0 Å². The van der Waals surface area contributed by atoms with Gasteiger partial charge in [0.25, 0.3) is 0 Å². The quantitative estimate of drug-likeness (QED) is 0.787. The third-order valence-corrected chi connectivity index (χ3v) is 3.11. The summed E-state index contributed by atoms with van der Waals surface area (Å²) in [4.78, 5) is 8.95. The van der Waals surface area contributed by atoms with Crippen molar-refractivity contribution < 1.29 is 5.11 Å². The van der Waals surface area contributed by atoms with Crippen molar-refractivity contribution in [3.63, 3.8) is 0 Å². The highest BCUT2D eigenvalue weighted by molar-refractivity contribution is 5.66. The van der Waals surface area contributed by atoms with E-state index in [4.69, 9.17) is 0 Å². The summed E-state index contributed by atoms with van der Waals surface area (Å²) in [5, 5.41) is 9.46. The molecule has 98 valence electrons. The molecule has 0 spiro atoms. The summed E-state index contributed by atoms with van der Waals surface area (Å²) in [7, 11) is 0. The van der Waals surface area contributed by atoms with Gasteiger partial charge >= 0.3 is 0 Å². The van der Waals surface area contributed by atoms with Crippen LogP contribution < -0.4 is 0 Å². The molecule has 20 heavy (non-hydrogen) atoms. The minimum atomic E-state index is -0.0701. The molecule has 3 heteroatoms. The van der Waals surface area contributed by atoms with E-state index in [2.05, 4.69) is 9.97 Å². The predicted molar refractivity (Wildman–Crippen MR) is 78.8 cm³/mol. The van der Waals surface area contributed by atoms with Crippen molar-refractivity contribution in [3.05, 3.63) is 72.4 Å². The Hall–Kier alpha value is -2.52. The average molecular weight is 262 g/mol. The van der Waals surface area contributed by atoms with Crippen LogP contribution >= 0.6 is 0 Å². The number of benzene rings is 2. The van der Waals surface area contributed by atoms with Gasteiger partial charge in [-0.15, -0.1) is 0 Å². The minimum Gasteiger partial charge on any atom is -0.392 e. The Morgan fingerprint density at radius 2 is 1.40 bits per heavy atom. The van der Waals surface area contributed by atoms with Gasteiger partial charge in [-0.1, -0.05) is 60.7 Å². The normalized spacial score (nSPS) is 10.4. The van der Waals surface area contributed by atoms with Gasteiger partial charge in [0.2, 0.25) is 0 Å². The molecule has 1 aromatic heterocycles. The number of nitrogens with zero attached hydrogens (tertiary/aromatic N) is 2. The molecule has 3 nitrogen and oxygen atoms in total. The average Bonchev–Trinajstić information content (AvgIpc) is 2.56. The van der Waals surface area contributed by atoms with Crippen molar-refractivity contribution in [3.8, 4) is 22.6 Å². The van der Waals surface area contributed by atoms with Crippen molar-refractivity contribution in [2.24, 2.45) is 0 Å². The predicted octanol–water partition coefficient (Wildman–Crippen LogP) is 3.30. The molecule has 3 rings (SSSR count). The van der Waals surface area contributed by atoms with Gasteiger partial charge in [-0.05, 0) is 0 Å². The summed E-state index contributed by atoms with van der Waals surface area (Å²) in [6.07, 6.45) is 1.69. The second kappa shape index (κ2) is 5.63. The summed E-state index contributed by atoms with van der Waals surface area (Å²) in [5.74, 6) is 0.668. The van der Waals surface area contributed by atoms with Crippen LogP contribution in [0.4, 0.5) is 0 Å². The van der Waals surface area contributed by atoms with E-state index in [9.17, 15) is 5.11 Å². The summed E-state index contributed by atoms with van der Waals surface area (Å²) in [6.45, 7) is -0.0701. The lowest BCUT2D eigenvalue weighted by molar-refractivity contribution is 0.281. The standard InChI is InChI=1S/C17H14N2O/c20-12-15-11-18-17(14-9-5-2-6-10-14)19-16(15)13-7-3-1-4-8-13/h1-11,20H,12H2. The Labute approximate surface area is 117 Å². The van der Waals surface area contributed by atoms with Crippen molar-refractivity contribution in [1.29, 1.82) is 0 Å². The lowest BCUT2D eigenvalue weighted by Crippen LogP contribution is -1.98. The van der Waals surface area contributed by atoms with Crippen LogP contribution in [0.1, 0.15) is 5.56 Å². The number of rotatable bonds is 3. The summed E-state index contributed by atoms with van der Waals surface area (Å²) < 4.78 is 0. The molecule has 0 fully saturated rings. The molecule has 3 aromatic rings. The van der Waals surface area contributed by atoms with Crippen LogP contribution in [0.15, 0.2) is 66.9 Å². The highest BCUT2D eigenvalue weighted by Crippen LogP contribution is 2.24. The first-order valence-electron chi connectivity index (χ1n) is 6.46. The SMILES string of the molecule is OCc1cnc(-c2ccccc2)nc1-c1ccccc1. The Kier molecular flexibility index (Phi) is 3.52. The molecule has 0 aliphatic carbocycles. The number of aliphatic hydroxyl groups excluding tert-OH is 1. The second-order valence-corrected chi connectivity index (χ2v) is 4.46. The van der Waals surface area contributed by atoms with E-state index in [0.29, 0.717) is 5.82 Å². The van der Waals surface area contributed by atoms with Crippen LogP contribution in [0, 0.1) is 0 Å². The van der Waals surface area contributed by atoms with Crippen LogP contribution in [0.25, 0.3) is 22.6 Å². The van der Waals surface area contributed by atoms with Gasteiger partial charge in [0.15, 0.2) is 5.82 Å². The maximum absolute atomic E-state index is 9.46. The zero-order valence-corrected chi connectivity index (χ0v) is 10.9. The Morgan fingerprint density at radius 3 is 2.00 bits per heavy atom. The molecule has 1 N–H and O–H groups in total. The number of aromatic nitrogens is 2. The van der Waals surface area contributed by atoms with Crippen molar-refractivity contribution >= 4 is 0 Å². The maximum atomic E-state index is 9.46. The summed E-state index contributed by atoms with van der Waals surface area (Å²) in [5.41, 5.74) is 3.46. The van der Waals surface area contributed by atoms with E-state index in [-0.39, 0.29) is 6.61 Å². The first-order chi connectivity index (χ1) is 9.88. The Balaban J connectivity index is 2.13. The monoisotopic (exact) mass is 262 g/mol. The van der Waals surface area contributed by atoms with E-state index < -0.39 is 0 Å². The zero-order chi connectivity index (χ0) is 13.8. The number of hydrogen-bond acceptors (Lipinski definition) is 3. The van der Waals surface area contributed by atoms with Gasteiger partial charge in [0, 0.05) is 22.9 Å². The molecule has 0 aliphatic rings. The Bertz CT molecular complexity index is 697. The second-order valence-electron chi connectivity index (χ2n) is 4.46. The molecular formula is C17H14N2O. The smallest absolute Gasteiger partial charge is 0.159 e. The van der Waals surface area contributed by atoms with Crippen LogP contribution in [0.3, 0.4) is 0 Å². The first kappa shape index (κ1) is 12.5. The molecular weight excluding hydrogens is 248 g/mol. The third kappa shape index (κ3) is 2.44. The highest BCUT2D eigenvalue weighted by atomic mass is 16.3. The van der Waals surface area contributed by atoms with Crippen LogP contribution in [-0.4, -0.2) is 15.1 Å². The van der Waals surface area contributed by atoms with Gasteiger partial charge in [0.1, 0.15) is 0 Å². The van der Waals surface area contributed by atoms with Crippen LogP contribution in [0.2, 0.25) is 0 Å². The molecule has 1 heterocycles. The third-order valence-electron chi connectivity index (χ3n) is 3.11. The molecule has 2 aromatic carbocycles. The van der Waals surface area contributed by atoms with Crippen molar-refractivity contribution in [1.82, 2.24) is 9.97 Å². The van der Waals surface area contributed by atoms with Gasteiger partial charge in [-0.2, -0.15) is 0 Å². The first-order valence-corrected chi connectivity index (χ1v) is 6.46. The molecule has 0 amide bonds. The van der Waals surface area contributed by atoms with E-state index in [0.717, 1.165) is 22.4 Å². The van der Waals surface area contributed by atoms with Crippen LogP contribution in [-0.2, 0) is 6.61 Å². The largest absolute Gasteiger partial charge is 0.392 e. The fraction of sp³-hybridized carbons (Fsp3) is 0.0588. The number of hydrogen-bond donors (Lipinski definition) is 1. The van der Waals surface area contributed by atoms with E-state index in [1.807, 2.05) is 60.7 Å². The van der Waals surface area contributed by atoms with Gasteiger partial charge in [0.05, 0.1) is 12.3 Å². The number of aliphatic hydroxyl groups is 1. The van der Waals surface area contributed by atoms with Crippen molar-refractivity contribution in [2.75, 3.05) is 0 Å². The molecule has 0 radical (unpaired) electrons. The minimum absolute atomic E-state index is 0.0701. The Morgan fingerprint density at radius 1 is 0.800 bits per heavy atom. The molecule has 0 aliphatic heterocycles. The molecule has 0 unspecified atom stereocenters. The summed E-state index contributed by atoms with van der Waals surface area (Å²) in [6, 6.07) is 19.7. The molecule has 0 atom stereocenters.